The van der Waals surface area contributed by atoms with Crippen molar-refractivity contribution in [2.45, 2.75) is 17.5 Å². The largest absolute Gasteiger partial charge is 0.496 e. The third-order valence-electron chi connectivity index (χ3n) is 8.32. The van der Waals surface area contributed by atoms with Gasteiger partial charge in [-0.25, -0.2) is 0 Å². The van der Waals surface area contributed by atoms with Crippen LogP contribution >= 0.6 is 15.9 Å². The number of para-hydroxylation sites is 1. The van der Waals surface area contributed by atoms with E-state index in [0.717, 1.165) is 11.1 Å². The maximum Gasteiger partial charge on any atom is 0.238 e. The van der Waals surface area contributed by atoms with Crippen LogP contribution in [0.4, 0.5) is 5.69 Å². The number of anilines is 1. The summed E-state index contributed by atoms with van der Waals surface area (Å²) in [6.07, 6.45) is 5.21. The lowest BCUT2D eigenvalue weighted by Crippen LogP contribution is -2.49. The molecule has 1 amide bonds. The molecule has 0 bridgehead atoms. The molecule has 8 heteroatoms. The molecule has 198 valence electrons. The van der Waals surface area contributed by atoms with Crippen molar-refractivity contribution < 1.29 is 23.5 Å². The molecule has 40 heavy (non-hydrogen) atoms. The van der Waals surface area contributed by atoms with Crippen LogP contribution in [0.25, 0.3) is 6.08 Å². The summed E-state index contributed by atoms with van der Waals surface area (Å²) in [6, 6.07) is 21.9. The Hall–Kier alpha value is -4.43. The Morgan fingerprint density at radius 2 is 1.80 bits per heavy atom. The molecule has 0 radical (unpaired) electrons. The van der Waals surface area contributed by atoms with Gasteiger partial charge in [0.15, 0.2) is 11.5 Å². The molecule has 3 aromatic carbocycles. The van der Waals surface area contributed by atoms with Crippen molar-refractivity contribution in [2.24, 2.45) is 5.92 Å². The van der Waals surface area contributed by atoms with Gasteiger partial charge in [-0.15, -0.1) is 0 Å². The molecule has 0 aliphatic carbocycles. The van der Waals surface area contributed by atoms with Crippen LogP contribution in [-0.2, 0) is 10.2 Å². The lowest BCUT2D eigenvalue weighted by atomic mass is 9.63. The monoisotopic (exact) mass is 594 g/mol. The molecule has 1 spiro atoms. The number of carbonyl (C=O) groups excluding carboxylic acids is 3. The van der Waals surface area contributed by atoms with Crippen LogP contribution in [0.5, 0.6) is 5.75 Å². The SMILES string of the molecule is COc1ccc(C(=O)[C@@H]2[C@H](C(=O)c3ccco3)[C@@]3(C(=O)Nc4ccccc43)[C@@H]3c4ccccc4C=CN23)cc1Br. The number of nitrogens with zero attached hydrogens (tertiary/aromatic N) is 1. The van der Waals surface area contributed by atoms with Crippen molar-refractivity contribution in [1.29, 1.82) is 0 Å². The van der Waals surface area contributed by atoms with E-state index in [0.29, 0.717) is 27.0 Å². The first kappa shape index (κ1) is 24.6. The van der Waals surface area contributed by atoms with E-state index in [4.69, 9.17) is 9.15 Å². The van der Waals surface area contributed by atoms with E-state index in [1.165, 1.54) is 6.26 Å². The lowest BCUT2D eigenvalue weighted by Gasteiger charge is -2.38. The van der Waals surface area contributed by atoms with Crippen LogP contribution in [0, 0.1) is 5.92 Å². The first-order valence-corrected chi connectivity index (χ1v) is 13.7. The van der Waals surface area contributed by atoms with Gasteiger partial charge in [0.25, 0.3) is 0 Å². The van der Waals surface area contributed by atoms with Crippen LogP contribution in [0.2, 0.25) is 0 Å². The third-order valence-corrected chi connectivity index (χ3v) is 8.94. The van der Waals surface area contributed by atoms with Crippen molar-refractivity contribution in [3.05, 3.63) is 124 Å². The van der Waals surface area contributed by atoms with Gasteiger partial charge in [-0.3, -0.25) is 14.4 Å². The van der Waals surface area contributed by atoms with E-state index < -0.39 is 29.2 Å². The van der Waals surface area contributed by atoms with Crippen molar-refractivity contribution in [3.63, 3.8) is 0 Å². The minimum Gasteiger partial charge on any atom is -0.496 e. The molecular formula is C32H23BrN2O5. The zero-order valence-electron chi connectivity index (χ0n) is 21.3. The number of hydrogen-bond donors (Lipinski definition) is 1. The lowest BCUT2D eigenvalue weighted by molar-refractivity contribution is -0.122. The molecule has 4 heterocycles. The maximum atomic E-state index is 14.6. The zero-order valence-corrected chi connectivity index (χ0v) is 22.9. The van der Waals surface area contributed by atoms with Gasteiger partial charge in [-0.1, -0.05) is 42.5 Å². The van der Waals surface area contributed by atoms with Crippen LogP contribution < -0.4 is 10.1 Å². The minimum absolute atomic E-state index is 0.104. The van der Waals surface area contributed by atoms with Gasteiger partial charge in [0.2, 0.25) is 11.7 Å². The van der Waals surface area contributed by atoms with Crippen LogP contribution in [0.3, 0.4) is 0 Å². The second kappa shape index (κ2) is 9.06. The van der Waals surface area contributed by atoms with E-state index >= 15 is 0 Å². The quantitative estimate of drug-likeness (QED) is 0.284. The van der Waals surface area contributed by atoms with Crippen LogP contribution in [-0.4, -0.2) is 35.5 Å². The van der Waals surface area contributed by atoms with Gasteiger partial charge in [0, 0.05) is 17.5 Å². The molecule has 1 fully saturated rings. The average molecular weight is 595 g/mol. The Morgan fingerprint density at radius 1 is 1.00 bits per heavy atom. The maximum absolute atomic E-state index is 14.6. The predicted molar refractivity (Wildman–Crippen MR) is 152 cm³/mol. The number of carbonyl (C=O) groups is 3. The zero-order chi connectivity index (χ0) is 27.6. The van der Waals surface area contributed by atoms with Gasteiger partial charge in [0.05, 0.1) is 29.8 Å². The summed E-state index contributed by atoms with van der Waals surface area (Å²) in [7, 11) is 1.55. The molecule has 1 N–H and O–H groups in total. The normalized spacial score (nSPS) is 23.9. The molecule has 1 saturated heterocycles. The first-order valence-electron chi connectivity index (χ1n) is 12.9. The molecule has 0 saturated carbocycles. The molecule has 3 aliphatic heterocycles. The molecule has 3 aliphatic rings. The summed E-state index contributed by atoms with van der Waals surface area (Å²) in [5.41, 5.74) is 2.13. The van der Waals surface area contributed by atoms with E-state index in [1.54, 1.807) is 37.4 Å². The molecule has 4 atom stereocenters. The van der Waals surface area contributed by atoms with Gasteiger partial charge >= 0.3 is 0 Å². The molecule has 7 nitrogen and oxygen atoms in total. The summed E-state index contributed by atoms with van der Waals surface area (Å²) in [5, 5.41) is 3.04. The molecule has 0 unspecified atom stereocenters. The second-order valence-electron chi connectivity index (χ2n) is 10.1. The van der Waals surface area contributed by atoms with Gasteiger partial charge < -0.3 is 19.4 Å². The molecular weight excluding hydrogens is 572 g/mol. The fraction of sp³-hybridized carbons (Fsp3) is 0.156. The van der Waals surface area contributed by atoms with Crippen LogP contribution in [0.15, 0.2) is 100 Å². The van der Waals surface area contributed by atoms with Crippen molar-refractivity contribution >= 4 is 45.2 Å². The number of amides is 1. The number of nitrogens with one attached hydrogen (secondary N) is 1. The van der Waals surface area contributed by atoms with Gasteiger partial charge in [-0.05, 0) is 75.1 Å². The van der Waals surface area contributed by atoms with Crippen LogP contribution in [0.1, 0.15) is 43.6 Å². The highest BCUT2D eigenvalue weighted by molar-refractivity contribution is 9.10. The molecule has 7 rings (SSSR count). The number of ether oxygens (including phenoxy) is 1. The summed E-state index contributed by atoms with van der Waals surface area (Å²) < 4.78 is 11.6. The van der Waals surface area contributed by atoms with E-state index in [1.807, 2.05) is 65.7 Å². The fourth-order valence-corrected chi connectivity index (χ4v) is 7.27. The Bertz CT molecular complexity index is 1730. The highest BCUT2D eigenvalue weighted by atomic mass is 79.9. The number of Topliss-reactive ketones (excluding diaryl/α,β-unsaturated/α-hetero) is 2. The second-order valence-corrected chi connectivity index (χ2v) is 11.0. The fourth-order valence-electron chi connectivity index (χ4n) is 6.73. The summed E-state index contributed by atoms with van der Waals surface area (Å²) in [6.45, 7) is 0. The van der Waals surface area contributed by atoms with E-state index in [2.05, 4.69) is 21.2 Å². The molecule has 4 aromatic rings. The van der Waals surface area contributed by atoms with E-state index in [-0.39, 0.29) is 17.5 Å². The summed E-state index contributed by atoms with van der Waals surface area (Å²) >= 11 is 3.49. The highest BCUT2D eigenvalue weighted by Crippen LogP contribution is 2.62. The summed E-state index contributed by atoms with van der Waals surface area (Å²) in [4.78, 5) is 45.3. The number of halogens is 1. The van der Waals surface area contributed by atoms with E-state index in [9.17, 15) is 14.4 Å². The minimum atomic E-state index is -1.40. The summed E-state index contributed by atoms with van der Waals surface area (Å²) in [5.74, 6) is -1.40. The Labute approximate surface area is 238 Å². The number of rotatable bonds is 5. The number of methoxy groups -OCH3 is 1. The molecule has 1 aromatic heterocycles. The van der Waals surface area contributed by atoms with Crippen molar-refractivity contribution in [3.8, 4) is 5.75 Å². The standard InChI is InChI=1S/C32H23BrN2O5/c1-39-24-13-12-19(17-22(24)33)28(36)27-26(29(37)25-11-6-16-40-25)32(21-9-4-5-10-23(21)34-31(32)38)30-20-8-3-2-7-18(20)14-15-35(27)30/h2-17,26-27,30H,1H3,(H,34,38)/t26-,27+,30+,32-/m1/s1. The Morgan fingerprint density at radius 3 is 2.58 bits per heavy atom. The number of ketones is 2. The number of benzene rings is 3. The smallest absolute Gasteiger partial charge is 0.238 e. The number of fused-ring (bicyclic) bond motifs is 6. The highest BCUT2D eigenvalue weighted by Gasteiger charge is 2.71. The van der Waals surface area contributed by atoms with Crippen molar-refractivity contribution in [1.82, 2.24) is 4.90 Å². The van der Waals surface area contributed by atoms with Gasteiger partial charge in [-0.2, -0.15) is 0 Å². The number of furan rings is 1. The first-order chi connectivity index (χ1) is 19.5. The Kier molecular flexibility index (Phi) is 5.57. The topological polar surface area (TPSA) is 88.9 Å². The van der Waals surface area contributed by atoms with Crippen molar-refractivity contribution in [2.75, 3.05) is 12.4 Å². The van der Waals surface area contributed by atoms with Gasteiger partial charge in [0.1, 0.15) is 17.2 Å². The predicted octanol–water partition coefficient (Wildman–Crippen LogP) is 6.03. The number of hydrogen-bond acceptors (Lipinski definition) is 6. The third kappa shape index (κ3) is 3.26. The average Bonchev–Trinajstić information content (AvgIpc) is 3.69. The Balaban J connectivity index is 1.52.